The van der Waals surface area contributed by atoms with E-state index >= 15 is 0 Å². The summed E-state index contributed by atoms with van der Waals surface area (Å²) in [4.78, 5) is 21.8. The van der Waals surface area contributed by atoms with Gasteiger partial charge in [0.25, 0.3) is 0 Å². The van der Waals surface area contributed by atoms with Crippen molar-refractivity contribution in [3.05, 3.63) is 18.1 Å². The van der Waals surface area contributed by atoms with Crippen LogP contribution in [0.3, 0.4) is 0 Å². The molecule has 0 radical (unpaired) electrons. The Morgan fingerprint density at radius 3 is 2.78 bits per heavy atom. The molecule has 0 bridgehead atoms. The normalized spacial score (nSPS) is 25.2. The van der Waals surface area contributed by atoms with Crippen LogP contribution in [0.1, 0.15) is 25.0 Å². The van der Waals surface area contributed by atoms with E-state index in [9.17, 15) is 9.90 Å². The number of hydrogen-bond acceptors (Lipinski definition) is 4. The average Bonchev–Trinajstić information content (AvgIpc) is 2.69. The summed E-state index contributed by atoms with van der Waals surface area (Å²) in [6.45, 7) is 3.32. The fourth-order valence-electron chi connectivity index (χ4n) is 3.23. The Morgan fingerprint density at radius 1 is 1.50 bits per heavy atom. The Labute approximate surface area is 106 Å². The molecule has 1 aliphatic heterocycles. The summed E-state index contributed by atoms with van der Waals surface area (Å²) in [6, 6.07) is 1.93. The first-order valence-electron chi connectivity index (χ1n) is 6.37. The highest BCUT2D eigenvalue weighted by atomic mass is 16.4. The first-order chi connectivity index (χ1) is 8.61. The molecule has 5 nitrogen and oxygen atoms in total. The number of carbonyl (C=O) groups is 1. The molecule has 1 saturated carbocycles. The van der Waals surface area contributed by atoms with Gasteiger partial charge in [0.15, 0.2) is 0 Å². The van der Waals surface area contributed by atoms with Crippen LogP contribution < -0.4 is 4.90 Å². The van der Waals surface area contributed by atoms with Crippen LogP contribution in [0, 0.1) is 18.3 Å². The van der Waals surface area contributed by atoms with E-state index in [2.05, 4.69) is 14.9 Å². The quantitative estimate of drug-likeness (QED) is 0.857. The molecule has 1 aromatic rings. The van der Waals surface area contributed by atoms with Gasteiger partial charge in [-0.2, -0.15) is 0 Å². The molecule has 1 unspecified atom stereocenters. The van der Waals surface area contributed by atoms with Gasteiger partial charge in [0.05, 0.1) is 5.92 Å². The molecule has 1 aliphatic carbocycles. The Bertz CT molecular complexity index is 485. The number of aliphatic carboxylic acids is 1. The van der Waals surface area contributed by atoms with Crippen LogP contribution in [0.25, 0.3) is 0 Å². The van der Waals surface area contributed by atoms with Crippen molar-refractivity contribution in [1.82, 2.24) is 9.97 Å². The maximum absolute atomic E-state index is 11.4. The van der Waals surface area contributed by atoms with Crippen LogP contribution in [0.15, 0.2) is 12.4 Å². The fraction of sp³-hybridized carbons (Fsp3) is 0.615. The minimum Gasteiger partial charge on any atom is -0.481 e. The summed E-state index contributed by atoms with van der Waals surface area (Å²) in [7, 11) is 0. The molecule has 5 heteroatoms. The molecule has 1 aromatic heterocycles. The molecule has 2 aliphatic rings. The average molecular weight is 247 g/mol. The van der Waals surface area contributed by atoms with Crippen molar-refractivity contribution in [3.8, 4) is 0 Å². The van der Waals surface area contributed by atoms with Crippen molar-refractivity contribution in [3.63, 3.8) is 0 Å². The van der Waals surface area contributed by atoms with Crippen molar-refractivity contribution in [2.75, 3.05) is 18.0 Å². The van der Waals surface area contributed by atoms with Gasteiger partial charge in [-0.3, -0.25) is 4.79 Å². The number of rotatable bonds is 2. The molecule has 2 heterocycles. The summed E-state index contributed by atoms with van der Waals surface area (Å²) >= 11 is 0. The van der Waals surface area contributed by atoms with E-state index in [1.165, 1.54) is 0 Å². The highest BCUT2D eigenvalue weighted by molar-refractivity contribution is 5.73. The number of anilines is 1. The Hall–Kier alpha value is -1.65. The second-order valence-electron chi connectivity index (χ2n) is 5.50. The first-order valence-corrected chi connectivity index (χ1v) is 6.37. The lowest BCUT2D eigenvalue weighted by Gasteiger charge is -2.41. The third kappa shape index (κ3) is 1.65. The zero-order valence-electron chi connectivity index (χ0n) is 10.5. The molecule has 3 rings (SSSR count). The minimum absolute atomic E-state index is 0.00924. The smallest absolute Gasteiger partial charge is 0.308 e. The third-order valence-electron chi connectivity index (χ3n) is 4.41. The van der Waals surface area contributed by atoms with Crippen molar-refractivity contribution in [2.45, 2.75) is 26.2 Å². The van der Waals surface area contributed by atoms with Gasteiger partial charge in [0.1, 0.15) is 12.1 Å². The molecule has 96 valence electrons. The molecule has 2 fully saturated rings. The largest absolute Gasteiger partial charge is 0.481 e. The number of aryl methyl sites for hydroxylation is 1. The van der Waals surface area contributed by atoms with Crippen molar-refractivity contribution < 1.29 is 9.90 Å². The van der Waals surface area contributed by atoms with E-state index in [0.717, 1.165) is 37.3 Å². The van der Waals surface area contributed by atoms with Crippen LogP contribution in [0.2, 0.25) is 0 Å². The van der Waals surface area contributed by atoms with E-state index < -0.39 is 5.97 Å². The minimum atomic E-state index is -0.664. The maximum atomic E-state index is 11.4. The zero-order valence-corrected chi connectivity index (χ0v) is 10.5. The van der Waals surface area contributed by atoms with Crippen LogP contribution >= 0.6 is 0 Å². The van der Waals surface area contributed by atoms with Crippen LogP contribution in [0.4, 0.5) is 5.82 Å². The van der Waals surface area contributed by atoms with Gasteiger partial charge >= 0.3 is 5.97 Å². The molecule has 1 saturated heterocycles. The summed E-state index contributed by atoms with van der Waals surface area (Å²) in [5, 5.41) is 9.37. The Balaban J connectivity index is 1.86. The molecule has 1 N–H and O–H groups in total. The first kappa shape index (κ1) is 11.4. The van der Waals surface area contributed by atoms with Crippen LogP contribution in [0.5, 0.6) is 0 Å². The maximum Gasteiger partial charge on any atom is 0.308 e. The molecular weight excluding hydrogens is 230 g/mol. The monoisotopic (exact) mass is 247 g/mol. The predicted octanol–water partition coefficient (Wildman–Crippen LogP) is 1.48. The highest BCUT2D eigenvalue weighted by Gasteiger charge is 2.53. The molecular formula is C13H17N3O2. The lowest BCUT2D eigenvalue weighted by atomic mass is 9.63. The van der Waals surface area contributed by atoms with Crippen molar-refractivity contribution in [1.29, 1.82) is 0 Å². The van der Waals surface area contributed by atoms with Gasteiger partial charge < -0.3 is 10.0 Å². The van der Waals surface area contributed by atoms with Crippen molar-refractivity contribution >= 4 is 11.8 Å². The molecule has 0 aromatic carbocycles. The Morgan fingerprint density at radius 2 is 2.28 bits per heavy atom. The van der Waals surface area contributed by atoms with E-state index in [-0.39, 0.29) is 11.3 Å². The molecule has 18 heavy (non-hydrogen) atoms. The molecule has 1 atom stereocenters. The topological polar surface area (TPSA) is 66.3 Å². The van der Waals surface area contributed by atoms with Crippen LogP contribution in [-0.4, -0.2) is 34.1 Å². The molecule has 1 spiro atoms. The van der Waals surface area contributed by atoms with E-state index in [0.29, 0.717) is 6.54 Å². The van der Waals surface area contributed by atoms with Gasteiger partial charge in [-0.15, -0.1) is 0 Å². The number of carboxylic acids is 1. The van der Waals surface area contributed by atoms with Gasteiger partial charge in [-0.05, 0) is 19.8 Å². The number of carboxylic acid groups (broad SMARTS) is 1. The number of nitrogens with zero attached hydrogens (tertiary/aromatic N) is 3. The fourth-order valence-corrected chi connectivity index (χ4v) is 3.23. The second-order valence-corrected chi connectivity index (χ2v) is 5.50. The standard InChI is InChI=1S/C13H17N3O2/c1-9-5-11(15-8-14-9)16-6-10(12(17)18)13(7-16)3-2-4-13/h5,8,10H,2-4,6-7H2,1H3,(H,17,18). The van der Waals surface area contributed by atoms with E-state index in [4.69, 9.17) is 0 Å². The predicted molar refractivity (Wildman–Crippen MR) is 66.4 cm³/mol. The molecule has 0 amide bonds. The van der Waals surface area contributed by atoms with Gasteiger partial charge in [-0.25, -0.2) is 9.97 Å². The summed E-state index contributed by atoms with van der Waals surface area (Å²) in [6.07, 6.45) is 4.77. The second kappa shape index (κ2) is 3.93. The third-order valence-corrected chi connectivity index (χ3v) is 4.41. The van der Waals surface area contributed by atoms with Gasteiger partial charge in [-0.1, -0.05) is 6.42 Å². The summed E-state index contributed by atoms with van der Waals surface area (Å²) in [5.74, 6) is -0.0537. The van der Waals surface area contributed by atoms with E-state index in [1.807, 2.05) is 13.0 Å². The highest BCUT2D eigenvalue weighted by Crippen LogP contribution is 2.52. The van der Waals surface area contributed by atoms with Gasteiger partial charge in [0, 0.05) is 30.3 Å². The summed E-state index contributed by atoms with van der Waals surface area (Å²) in [5.41, 5.74) is 0.909. The Kier molecular flexibility index (Phi) is 2.50. The van der Waals surface area contributed by atoms with E-state index in [1.54, 1.807) is 6.33 Å². The number of hydrogen-bond donors (Lipinski definition) is 1. The van der Waals surface area contributed by atoms with Crippen LogP contribution in [-0.2, 0) is 4.79 Å². The zero-order chi connectivity index (χ0) is 12.8. The number of aromatic nitrogens is 2. The lowest BCUT2D eigenvalue weighted by Crippen LogP contribution is -2.40. The SMILES string of the molecule is Cc1cc(N2CC(C(=O)O)C3(CCC3)C2)ncn1. The summed E-state index contributed by atoms with van der Waals surface area (Å²) < 4.78 is 0. The van der Waals surface area contributed by atoms with Gasteiger partial charge in [0.2, 0.25) is 0 Å². The lowest BCUT2D eigenvalue weighted by molar-refractivity contribution is -0.146. The van der Waals surface area contributed by atoms with Crippen molar-refractivity contribution in [2.24, 2.45) is 11.3 Å².